The minimum absolute atomic E-state index is 0.550. The van der Waals surface area contributed by atoms with E-state index in [1.807, 2.05) is 0 Å². The fraction of sp³-hybridized carbons (Fsp3) is 0. The van der Waals surface area contributed by atoms with E-state index in [0.717, 1.165) is 0 Å². The molecule has 11 aromatic carbocycles. The van der Waals surface area contributed by atoms with Crippen molar-refractivity contribution in [2.75, 3.05) is 0 Å². The zero-order valence-corrected chi connectivity index (χ0v) is 32.3. The molecule has 0 spiro atoms. The molecule has 0 aromatic heterocycles. The standard InChI is InChI=1S/C56H36Si/c1-2-20-45(21-3-1)57-46-30-31-53-54(36-46)56(52-25-11-10-24-51(52)55(53)41-29-28-37-14-4-5-17-40(37)32-41)44-34-42(49-26-12-18-38-15-6-8-22-47(38)49)33-43(35-44)50-27-13-19-39-16-7-9-23-48(39)50/h1-36H. The average Bonchev–Trinajstić information content (AvgIpc) is 3.27. The molecule has 11 aromatic rings. The van der Waals surface area contributed by atoms with Gasteiger partial charge in [-0.1, -0.05) is 204 Å². The maximum absolute atomic E-state index is 2.48. The summed E-state index contributed by atoms with van der Waals surface area (Å²) in [7, 11) is 0.550. The summed E-state index contributed by atoms with van der Waals surface area (Å²) in [4.78, 5) is 0. The van der Waals surface area contributed by atoms with E-state index in [2.05, 4.69) is 218 Å². The normalized spacial score (nSPS) is 11.6. The lowest BCUT2D eigenvalue weighted by Crippen LogP contribution is -2.26. The summed E-state index contributed by atoms with van der Waals surface area (Å²) in [5, 5.41) is 15.2. The highest BCUT2D eigenvalue weighted by molar-refractivity contribution is 6.67. The Bertz CT molecular complexity index is 3210. The van der Waals surface area contributed by atoms with E-state index in [1.54, 1.807) is 0 Å². The molecule has 0 heterocycles. The zero-order chi connectivity index (χ0) is 37.7. The largest absolute Gasteiger partial charge is 0.121 e. The number of rotatable bonds is 6. The lowest BCUT2D eigenvalue weighted by atomic mass is 9.83. The van der Waals surface area contributed by atoms with Crippen LogP contribution in [0.25, 0.3) is 98.4 Å². The Balaban J connectivity index is 1.25. The molecule has 0 aliphatic heterocycles. The fourth-order valence-corrected chi connectivity index (χ4v) is 10.0. The summed E-state index contributed by atoms with van der Waals surface area (Å²) < 4.78 is 0. The van der Waals surface area contributed by atoms with Gasteiger partial charge in [0, 0.05) is 0 Å². The van der Waals surface area contributed by atoms with Crippen LogP contribution in [0.5, 0.6) is 0 Å². The van der Waals surface area contributed by atoms with Crippen molar-refractivity contribution in [2.45, 2.75) is 0 Å². The van der Waals surface area contributed by atoms with Gasteiger partial charge in [-0.2, -0.15) is 0 Å². The van der Waals surface area contributed by atoms with Crippen LogP contribution in [0.15, 0.2) is 218 Å². The molecule has 0 amide bonds. The topological polar surface area (TPSA) is 0 Å². The first-order valence-corrected chi connectivity index (χ1v) is 20.7. The van der Waals surface area contributed by atoms with Crippen molar-refractivity contribution in [1.82, 2.24) is 0 Å². The van der Waals surface area contributed by atoms with Crippen LogP contribution in [0.2, 0.25) is 0 Å². The van der Waals surface area contributed by atoms with E-state index < -0.39 is 0 Å². The summed E-state index contributed by atoms with van der Waals surface area (Å²) in [6.07, 6.45) is 0. The highest BCUT2D eigenvalue weighted by Gasteiger charge is 2.20. The molecule has 0 aliphatic rings. The van der Waals surface area contributed by atoms with Gasteiger partial charge in [0.1, 0.15) is 9.52 Å². The molecule has 0 N–H and O–H groups in total. The number of hydrogen-bond donors (Lipinski definition) is 0. The average molecular weight is 737 g/mol. The third-order valence-corrected chi connectivity index (χ3v) is 12.8. The fourth-order valence-electron chi connectivity index (χ4n) is 8.95. The van der Waals surface area contributed by atoms with Gasteiger partial charge in [0.15, 0.2) is 0 Å². The van der Waals surface area contributed by atoms with E-state index in [9.17, 15) is 0 Å². The Morgan fingerprint density at radius 3 is 1.37 bits per heavy atom. The maximum Gasteiger partial charge on any atom is 0.121 e. The number of fused-ring (bicyclic) bond motifs is 5. The molecule has 0 bridgehead atoms. The van der Waals surface area contributed by atoms with Gasteiger partial charge in [-0.3, -0.25) is 0 Å². The predicted molar refractivity (Wildman–Crippen MR) is 247 cm³/mol. The van der Waals surface area contributed by atoms with Crippen LogP contribution in [0.3, 0.4) is 0 Å². The number of benzene rings is 11. The van der Waals surface area contributed by atoms with Crippen molar-refractivity contribution in [3.63, 3.8) is 0 Å². The molecule has 0 aliphatic carbocycles. The Labute approximate surface area is 335 Å². The molecule has 1 heteroatoms. The molecule has 11 rings (SSSR count). The summed E-state index contributed by atoms with van der Waals surface area (Å²) >= 11 is 0. The van der Waals surface area contributed by atoms with Crippen LogP contribution in [-0.2, 0) is 0 Å². The Morgan fingerprint density at radius 1 is 0.228 bits per heavy atom. The van der Waals surface area contributed by atoms with Gasteiger partial charge in [0.05, 0.1) is 0 Å². The second-order valence-corrected chi connectivity index (χ2v) is 16.4. The SMILES string of the molecule is c1ccc([Si]c2ccc3c(-c4ccc5ccccc5c4)c4ccccc4c(-c4cc(-c5cccc6ccccc56)cc(-c5cccc6ccccc56)c4)c3c2)cc1. The summed E-state index contributed by atoms with van der Waals surface area (Å²) in [6, 6.07) is 81.0. The molecule has 57 heavy (non-hydrogen) atoms. The minimum atomic E-state index is 0.550. The van der Waals surface area contributed by atoms with E-state index >= 15 is 0 Å². The molecule has 2 radical (unpaired) electrons. The molecule has 0 nitrogen and oxygen atoms in total. The van der Waals surface area contributed by atoms with Crippen molar-refractivity contribution in [3.8, 4) is 44.5 Å². The van der Waals surface area contributed by atoms with Crippen LogP contribution in [0, 0.1) is 0 Å². The molecular formula is C56H36Si. The van der Waals surface area contributed by atoms with E-state index in [1.165, 1.54) is 109 Å². The van der Waals surface area contributed by atoms with Crippen LogP contribution in [-0.4, -0.2) is 9.52 Å². The van der Waals surface area contributed by atoms with Gasteiger partial charge in [-0.25, -0.2) is 0 Å². The first-order valence-electron chi connectivity index (χ1n) is 19.7. The predicted octanol–water partition coefficient (Wildman–Crippen LogP) is 13.8. The second kappa shape index (κ2) is 13.9. The van der Waals surface area contributed by atoms with Gasteiger partial charge in [-0.15, -0.1) is 0 Å². The molecular weight excluding hydrogens is 701 g/mol. The minimum Gasteiger partial charge on any atom is -0.0631 e. The lowest BCUT2D eigenvalue weighted by molar-refractivity contribution is 1.61. The van der Waals surface area contributed by atoms with Crippen molar-refractivity contribution in [3.05, 3.63) is 218 Å². The van der Waals surface area contributed by atoms with Gasteiger partial charge in [0.2, 0.25) is 0 Å². The quantitative estimate of drug-likeness (QED) is 0.118. The second-order valence-electron chi connectivity index (χ2n) is 15.0. The summed E-state index contributed by atoms with van der Waals surface area (Å²) in [5.41, 5.74) is 9.91. The van der Waals surface area contributed by atoms with E-state index in [-0.39, 0.29) is 0 Å². The van der Waals surface area contributed by atoms with E-state index in [4.69, 9.17) is 0 Å². The van der Waals surface area contributed by atoms with Crippen LogP contribution in [0.4, 0.5) is 0 Å². The zero-order valence-electron chi connectivity index (χ0n) is 31.3. The van der Waals surface area contributed by atoms with Crippen molar-refractivity contribution >= 4 is 73.8 Å². The lowest BCUT2D eigenvalue weighted by Gasteiger charge is -2.20. The van der Waals surface area contributed by atoms with Crippen molar-refractivity contribution in [1.29, 1.82) is 0 Å². The highest BCUT2D eigenvalue weighted by atomic mass is 28.2. The Kier molecular flexibility index (Phi) is 8.12. The van der Waals surface area contributed by atoms with E-state index in [0.29, 0.717) is 9.52 Å². The molecule has 0 saturated heterocycles. The smallest absolute Gasteiger partial charge is 0.0631 e. The van der Waals surface area contributed by atoms with Crippen LogP contribution in [0.1, 0.15) is 0 Å². The van der Waals surface area contributed by atoms with Crippen molar-refractivity contribution in [2.24, 2.45) is 0 Å². The van der Waals surface area contributed by atoms with Gasteiger partial charge < -0.3 is 0 Å². The maximum atomic E-state index is 2.48. The van der Waals surface area contributed by atoms with Crippen molar-refractivity contribution < 1.29 is 0 Å². The molecule has 0 unspecified atom stereocenters. The first kappa shape index (κ1) is 33.3. The third kappa shape index (κ3) is 5.92. The summed E-state index contributed by atoms with van der Waals surface area (Å²) in [5.74, 6) is 0. The Hall–Kier alpha value is -7.06. The Morgan fingerprint density at radius 2 is 0.719 bits per heavy atom. The number of hydrogen-bond acceptors (Lipinski definition) is 0. The molecule has 0 fully saturated rings. The summed E-state index contributed by atoms with van der Waals surface area (Å²) in [6.45, 7) is 0. The molecule has 0 saturated carbocycles. The molecule has 0 atom stereocenters. The van der Waals surface area contributed by atoms with Crippen LogP contribution < -0.4 is 10.4 Å². The van der Waals surface area contributed by atoms with Gasteiger partial charge in [0.25, 0.3) is 0 Å². The van der Waals surface area contributed by atoms with Gasteiger partial charge >= 0.3 is 0 Å². The van der Waals surface area contributed by atoms with Crippen LogP contribution >= 0.6 is 0 Å². The first-order chi connectivity index (χ1) is 28.2. The van der Waals surface area contributed by atoms with Gasteiger partial charge in [-0.05, 0) is 123 Å². The highest BCUT2D eigenvalue weighted by Crippen LogP contribution is 2.46. The third-order valence-electron chi connectivity index (χ3n) is 11.5. The monoisotopic (exact) mass is 736 g/mol. The molecule has 264 valence electrons.